The first kappa shape index (κ1) is 20.5. The fraction of sp³-hybridized carbons (Fsp3) is 0.684. The second-order valence-corrected chi connectivity index (χ2v) is 8.18. The van der Waals surface area contributed by atoms with Gasteiger partial charge < -0.3 is 18.8 Å². The Morgan fingerprint density at radius 1 is 1.07 bits per heavy atom. The Balaban J connectivity index is 1.83. The Bertz CT molecular complexity index is 653. The minimum absolute atomic E-state index is 0.0893. The SMILES string of the molecule is CC1(C)OB(c2cc(OC[C@H]3CCCCO3)cc(C(F)(F)F)c2)OC1(C)C. The lowest BCUT2D eigenvalue weighted by Crippen LogP contribution is -2.41. The molecule has 2 aliphatic rings. The minimum atomic E-state index is -4.49. The molecule has 4 nitrogen and oxygen atoms in total. The summed E-state index contributed by atoms with van der Waals surface area (Å²) in [5.41, 5.74) is -1.76. The van der Waals surface area contributed by atoms with Crippen LogP contribution in [0.5, 0.6) is 5.75 Å². The van der Waals surface area contributed by atoms with Gasteiger partial charge in [0.15, 0.2) is 0 Å². The van der Waals surface area contributed by atoms with E-state index in [1.807, 2.05) is 27.7 Å². The fourth-order valence-corrected chi connectivity index (χ4v) is 3.11. The molecule has 0 bridgehead atoms. The fourth-order valence-electron chi connectivity index (χ4n) is 3.11. The van der Waals surface area contributed by atoms with Crippen LogP contribution in [0.4, 0.5) is 13.2 Å². The van der Waals surface area contributed by atoms with E-state index in [0.717, 1.165) is 31.4 Å². The monoisotopic (exact) mass is 386 g/mol. The van der Waals surface area contributed by atoms with Crippen molar-refractivity contribution < 1.29 is 32.0 Å². The third-order valence-electron chi connectivity index (χ3n) is 5.49. The van der Waals surface area contributed by atoms with Crippen LogP contribution in [-0.4, -0.2) is 37.6 Å². The van der Waals surface area contributed by atoms with Crippen molar-refractivity contribution in [3.8, 4) is 5.75 Å². The number of rotatable bonds is 4. The lowest BCUT2D eigenvalue weighted by molar-refractivity contribution is -0.137. The van der Waals surface area contributed by atoms with E-state index < -0.39 is 30.1 Å². The molecule has 150 valence electrons. The molecule has 1 aromatic carbocycles. The molecule has 0 saturated carbocycles. The van der Waals surface area contributed by atoms with Crippen molar-refractivity contribution in [3.63, 3.8) is 0 Å². The summed E-state index contributed by atoms with van der Waals surface area (Å²) in [5, 5.41) is 0. The maximum Gasteiger partial charge on any atom is 0.494 e. The van der Waals surface area contributed by atoms with Crippen molar-refractivity contribution in [1.82, 2.24) is 0 Å². The molecule has 0 aromatic heterocycles. The molecule has 3 rings (SSSR count). The average molecular weight is 386 g/mol. The van der Waals surface area contributed by atoms with Crippen LogP contribution in [0, 0.1) is 0 Å². The molecule has 2 saturated heterocycles. The Morgan fingerprint density at radius 2 is 1.74 bits per heavy atom. The van der Waals surface area contributed by atoms with Crippen LogP contribution >= 0.6 is 0 Å². The predicted molar refractivity (Wildman–Crippen MR) is 96.2 cm³/mol. The third kappa shape index (κ3) is 4.61. The summed E-state index contributed by atoms with van der Waals surface area (Å²) < 4.78 is 63.1. The molecule has 0 N–H and O–H groups in total. The summed E-state index contributed by atoms with van der Waals surface area (Å²) in [6, 6.07) is 3.63. The van der Waals surface area contributed by atoms with Gasteiger partial charge in [0.1, 0.15) is 12.4 Å². The minimum Gasteiger partial charge on any atom is -0.491 e. The smallest absolute Gasteiger partial charge is 0.491 e. The van der Waals surface area contributed by atoms with Gasteiger partial charge >= 0.3 is 13.3 Å². The van der Waals surface area contributed by atoms with Crippen LogP contribution in [-0.2, 0) is 20.2 Å². The van der Waals surface area contributed by atoms with Gasteiger partial charge in [0.25, 0.3) is 0 Å². The van der Waals surface area contributed by atoms with Gasteiger partial charge in [0.2, 0.25) is 0 Å². The normalized spacial score (nSPS) is 24.9. The summed E-state index contributed by atoms with van der Waals surface area (Å²) in [7, 11) is -0.884. The van der Waals surface area contributed by atoms with E-state index in [1.54, 1.807) is 6.07 Å². The molecular weight excluding hydrogens is 360 g/mol. The van der Waals surface area contributed by atoms with Gasteiger partial charge in [-0.05, 0) is 70.6 Å². The van der Waals surface area contributed by atoms with E-state index in [1.165, 1.54) is 0 Å². The van der Waals surface area contributed by atoms with Gasteiger partial charge in [0, 0.05) is 6.61 Å². The zero-order valence-electron chi connectivity index (χ0n) is 16.2. The van der Waals surface area contributed by atoms with Crippen molar-refractivity contribution in [3.05, 3.63) is 23.8 Å². The summed E-state index contributed by atoms with van der Waals surface area (Å²) >= 11 is 0. The highest BCUT2D eigenvalue weighted by Gasteiger charge is 2.52. The molecule has 0 aliphatic carbocycles. The highest BCUT2D eigenvalue weighted by Crippen LogP contribution is 2.37. The second kappa shape index (κ2) is 7.30. The number of benzene rings is 1. The van der Waals surface area contributed by atoms with Gasteiger partial charge in [-0.3, -0.25) is 0 Å². The first-order valence-electron chi connectivity index (χ1n) is 9.30. The van der Waals surface area contributed by atoms with Gasteiger partial charge in [-0.2, -0.15) is 13.2 Å². The molecular formula is C19H26BF3O4. The van der Waals surface area contributed by atoms with E-state index in [4.69, 9.17) is 18.8 Å². The Kier molecular flexibility index (Phi) is 5.54. The van der Waals surface area contributed by atoms with E-state index in [2.05, 4.69) is 0 Å². The zero-order chi connectivity index (χ0) is 19.9. The van der Waals surface area contributed by atoms with Crippen molar-refractivity contribution in [2.24, 2.45) is 0 Å². The number of alkyl halides is 3. The molecule has 0 spiro atoms. The van der Waals surface area contributed by atoms with Gasteiger partial charge in [-0.1, -0.05) is 0 Å². The van der Waals surface area contributed by atoms with Crippen molar-refractivity contribution >= 4 is 12.6 Å². The van der Waals surface area contributed by atoms with Crippen LogP contribution in [0.2, 0.25) is 0 Å². The molecule has 0 unspecified atom stereocenters. The molecule has 8 heteroatoms. The van der Waals surface area contributed by atoms with Crippen LogP contribution in [0.1, 0.15) is 52.5 Å². The van der Waals surface area contributed by atoms with Crippen molar-refractivity contribution in [1.29, 1.82) is 0 Å². The standard InChI is InChI=1S/C19H26BF3O4/c1-17(2)18(3,4)27-20(26-17)14-9-13(19(21,22)23)10-16(11-14)25-12-15-7-5-6-8-24-15/h9-11,15H,5-8,12H2,1-4H3/t15-/m1/s1. The average Bonchev–Trinajstić information content (AvgIpc) is 2.81. The lowest BCUT2D eigenvalue weighted by Gasteiger charge is -2.32. The zero-order valence-corrected chi connectivity index (χ0v) is 16.2. The Labute approximate surface area is 158 Å². The predicted octanol–water partition coefficient (Wildman–Crippen LogP) is 3.95. The first-order valence-corrected chi connectivity index (χ1v) is 9.30. The molecule has 1 atom stereocenters. The van der Waals surface area contributed by atoms with E-state index >= 15 is 0 Å². The largest absolute Gasteiger partial charge is 0.494 e. The lowest BCUT2D eigenvalue weighted by atomic mass is 9.78. The van der Waals surface area contributed by atoms with E-state index in [-0.39, 0.29) is 18.5 Å². The van der Waals surface area contributed by atoms with Crippen LogP contribution < -0.4 is 10.2 Å². The summed E-state index contributed by atoms with van der Waals surface area (Å²) in [5.74, 6) is 0.142. The van der Waals surface area contributed by atoms with Crippen LogP contribution in [0.15, 0.2) is 18.2 Å². The molecule has 2 heterocycles. The quantitative estimate of drug-likeness (QED) is 0.735. The van der Waals surface area contributed by atoms with Crippen LogP contribution in [0.3, 0.4) is 0 Å². The molecule has 2 fully saturated rings. The second-order valence-electron chi connectivity index (χ2n) is 8.18. The molecule has 0 radical (unpaired) electrons. The first-order chi connectivity index (χ1) is 12.5. The molecule has 0 amide bonds. The van der Waals surface area contributed by atoms with Gasteiger partial charge in [-0.15, -0.1) is 0 Å². The maximum absolute atomic E-state index is 13.4. The molecule has 27 heavy (non-hydrogen) atoms. The Morgan fingerprint density at radius 3 is 2.30 bits per heavy atom. The molecule has 1 aromatic rings. The van der Waals surface area contributed by atoms with Gasteiger partial charge in [-0.25, -0.2) is 0 Å². The number of ether oxygens (including phenoxy) is 2. The van der Waals surface area contributed by atoms with Crippen LogP contribution in [0.25, 0.3) is 0 Å². The van der Waals surface area contributed by atoms with E-state index in [9.17, 15) is 13.2 Å². The summed E-state index contributed by atoms with van der Waals surface area (Å²) in [6.07, 6.45) is -1.68. The summed E-state index contributed by atoms with van der Waals surface area (Å²) in [6.45, 7) is 8.33. The molecule has 2 aliphatic heterocycles. The van der Waals surface area contributed by atoms with E-state index in [0.29, 0.717) is 12.1 Å². The highest BCUT2D eigenvalue weighted by molar-refractivity contribution is 6.62. The number of hydrogen-bond donors (Lipinski definition) is 0. The highest BCUT2D eigenvalue weighted by atomic mass is 19.4. The third-order valence-corrected chi connectivity index (χ3v) is 5.49. The topological polar surface area (TPSA) is 36.9 Å². The van der Waals surface area contributed by atoms with Gasteiger partial charge in [0.05, 0.1) is 22.9 Å². The number of hydrogen-bond acceptors (Lipinski definition) is 4. The Hall–Kier alpha value is -1.25. The van der Waals surface area contributed by atoms with Crippen molar-refractivity contribution in [2.75, 3.05) is 13.2 Å². The maximum atomic E-state index is 13.4. The van der Waals surface area contributed by atoms with Crippen molar-refractivity contribution in [2.45, 2.75) is 70.4 Å². The summed E-state index contributed by atoms with van der Waals surface area (Å²) in [4.78, 5) is 0. The number of halogens is 3.